The minimum Gasteiger partial charge on any atom is -0.332 e. The highest BCUT2D eigenvalue weighted by atomic mass is 35.5. The third kappa shape index (κ3) is 4.91. The molecule has 0 saturated carbocycles. The van der Waals surface area contributed by atoms with E-state index < -0.39 is 16.7 Å². The molecular formula is C16H13Cl2N3O4. The second-order valence-electron chi connectivity index (χ2n) is 5.14. The van der Waals surface area contributed by atoms with Crippen LogP contribution in [0.15, 0.2) is 42.5 Å². The number of amides is 2. The van der Waals surface area contributed by atoms with Gasteiger partial charge in [0, 0.05) is 29.4 Å². The number of rotatable bonds is 5. The highest BCUT2D eigenvalue weighted by Crippen LogP contribution is 2.25. The van der Waals surface area contributed by atoms with Gasteiger partial charge in [-0.05, 0) is 30.3 Å². The molecule has 1 N–H and O–H groups in total. The first-order chi connectivity index (χ1) is 11.8. The van der Waals surface area contributed by atoms with Crippen LogP contribution in [0.1, 0.15) is 10.4 Å². The molecule has 0 bridgehead atoms. The fraction of sp³-hybridized carbons (Fsp3) is 0.125. The molecule has 130 valence electrons. The molecule has 0 aliphatic heterocycles. The summed E-state index contributed by atoms with van der Waals surface area (Å²) >= 11 is 11.6. The number of nitrogens with zero attached hydrogens (tertiary/aromatic N) is 2. The third-order valence-corrected chi connectivity index (χ3v) is 3.78. The standard InChI is InChI=1S/C16H13Cl2N3O4/c1-20(9-15(22)19-12-4-2-3-11(17)8-12)16(23)10-5-6-13(18)14(7-10)21(24)25/h2-8H,9H2,1H3,(H,19,22). The van der Waals surface area contributed by atoms with Crippen LogP contribution in [0.25, 0.3) is 0 Å². The SMILES string of the molecule is CN(CC(=O)Nc1cccc(Cl)c1)C(=O)c1ccc(Cl)c([N+](=O)[O-])c1. The fourth-order valence-electron chi connectivity index (χ4n) is 2.06. The van der Waals surface area contributed by atoms with Crippen LogP contribution in [0.2, 0.25) is 10.0 Å². The van der Waals surface area contributed by atoms with Gasteiger partial charge >= 0.3 is 0 Å². The molecule has 0 atom stereocenters. The number of hydrogen-bond donors (Lipinski definition) is 1. The van der Waals surface area contributed by atoms with Crippen LogP contribution in [-0.4, -0.2) is 35.2 Å². The van der Waals surface area contributed by atoms with Crippen molar-refractivity contribution in [2.24, 2.45) is 0 Å². The van der Waals surface area contributed by atoms with Gasteiger partial charge < -0.3 is 10.2 Å². The van der Waals surface area contributed by atoms with E-state index in [-0.39, 0.29) is 22.8 Å². The second-order valence-corrected chi connectivity index (χ2v) is 5.99. The van der Waals surface area contributed by atoms with E-state index in [1.807, 2.05) is 0 Å². The van der Waals surface area contributed by atoms with Crippen LogP contribution in [0.3, 0.4) is 0 Å². The van der Waals surface area contributed by atoms with Crippen molar-refractivity contribution in [3.63, 3.8) is 0 Å². The Kier molecular flexibility index (Phi) is 5.95. The first-order valence-corrected chi connectivity index (χ1v) is 7.78. The lowest BCUT2D eigenvalue weighted by molar-refractivity contribution is -0.384. The molecule has 9 heteroatoms. The zero-order valence-corrected chi connectivity index (χ0v) is 14.5. The monoisotopic (exact) mass is 381 g/mol. The molecule has 2 aromatic carbocycles. The molecule has 25 heavy (non-hydrogen) atoms. The van der Waals surface area contributed by atoms with Gasteiger partial charge in [-0.2, -0.15) is 0 Å². The van der Waals surface area contributed by atoms with Crippen molar-refractivity contribution in [2.75, 3.05) is 18.9 Å². The average molecular weight is 382 g/mol. The van der Waals surface area contributed by atoms with Crippen LogP contribution >= 0.6 is 23.2 Å². The summed E-state index contributed by atoms with van der Waals surface area (Å²) in [6.45, 7) is -0.234. The summed E-state index contributed by atoms with van der Waals surface area (Å²) in [4.78, 5) is 35.7. The van der Waals surface area contributed by atoms with Gasteiger partial charge in [0.05, 0.1) is 11.5 Å². The quantitative estimate of drug-likeness (QED) is 0.632. The molecule has 2 aromatic rings. The van der Waals surface area contributed by atoms with E-state index in [0.717, 1.165) is 11.0 Å². The number of anilines is 1. The number of nitro groups is 1. The summed E-state index contributed by atoms with van der Waals surface area (Å²) in [5.74, 6) is -0.970. The van der Waals surface area contributed by atoms with Crippen molar-refractivity contribution in [3.05, 3.63) is 68.2 Å². The van der Waals surface area contributed by atoms with Crippen molar-refractivity contribution in [1.82, 2.24) is 4.90 Å². The molecule has 0 saturated heterocycles. The lowest BCUT2D eigenvalue weighted by atomic mass is 10.2. The second kappa shape index (κ2) is 7.96. The van der Waals surface area contributed by atoms with Crippen molar-refractivity contribution in [2.45, 2.75) is 0 Å². The van der Waals surface area contributed by atoms with Crippen molar-refractivity contribution < 1.29 is 14.5 Å². The lowest BCUT2D eigenvalue weighted by Gasteiger charge is -2.17. The molecule has 0 radical (unpaired) electrons. The zero-order chi connectivity index (χ0) is 18.6. The van der Waals surface area contributed by atoms with E-state index in [1.54, 1.807) is 24.3 Å². The van der Waals surface area contributed by atoms with E-state index >= 15 is 0 Å². The number of hydrogen-bond acceptors (Lipinski definition) is 4. The largest absolute Gasteiger partial charge is 0.332 e. The summed E-state index contributed by atoms with van der Waals surface area (Å²) in [5, 5.41) is 13.9. The smallest absolute Gasteiger partial charge is 0.288 e. The average Bonchev–Trinajstić information content (AvgIpc) is 2.54. The molecule has 2 amide bonds. The third-order valence-electron chi connectivity index (χ3n) is 3.23. The fourth-order valence-corrected chi connectivity index (χ4v) is 2.44. The predicted octanol–water partition coefficient (Wildman–Crippen LogP) is 3.61. The first-order valence-electron chi connectivity index (χ1n) is 7.02. The van der Waals surface area contributed by atoms with Crippen LogP contribution in [-0.2, 0) is 4.79 Å². The van der Waals surface area contributed by atoms with E-state index in [9.17, 15) is 19.7 Å². The van der Waals surface area contributed by atoms with Gasteiger partial charge in [0.25, 0.3) is 11.6 Å². The van der Waals surface area contributed by atoms with E-state index in [2.05, 4.69) is 5.32 Å². The number of carbonyl (C=O) groups is 2. The van der Waals surface area contributed by atoms with Gasteiger partial charge in [-0.25, -0.2) is 0 Å². The van der Waals surface area contributed by atoms with Crippen molar-refractivity contribution in [1.29, 1.82) is 0 Å². The van der Waals surface area contributed by atoms with Crippen LogP contribution in [0, 0.1) is 10.1 Å². The summed E-state index contributed by atoms with van der Waals surface area (Å²) in [6, 6.07) is 10.3. The normalized spacial score (nSPS) is 10.2. The van der Waals surface area contributed by atoms with Gasteiger partial charge in [-0.3, -0.25) is 19.7 Å². The maximum Gasteiger partial charge on any atom is 0.288 e. The highest BCUT2D eigenvalue weighted by molar-refractivity contribution is 6.32. The van der Waals surface area contributed by atoms with Gasteiger partial charge in [0.15, 0.2) is 0 Å². The van der Waals surface area contributed by atoms with Gasteiger partial charge in [-0.1, -0.05) is 29.3 Å². The van der Waals surface area contributed by atoms with Crippen LogP contribution < -0.4 is 5.32 Å². The molecule has 0 spiro atoms. The van der Waals surface area contributed by atoms with Gasteiger partial charge in [-0.15, -0.1) is 0 Å². The summed E-state index contributed by atoms with van der Waals surface area (Å²) in [7, 11) is 1.42. The molecular weight excluding hydrogens is 369 g/mol. The van der Waals surface area contributed by atoms with Crippen molar-refractivity contribution in [3.8, 4) is 0 Å². The number of nitrogens with one attached hydrogen (secondary N) is 1. The Labute approximate surface area is 153 Å². The Hall–Kier alpha value is -2.64. The van der Waals surface area contributed by atoms with Crippen LogP contribution in [0.4, 0.5) is 11.4 Å². The number of nitro benzene ring substituents is 1. The number of halogens is 2. The Morgan fingerprint density at radius 3 is 2.56 bits per heavy atom. The zero-order valence-electron chi connectivity index (χ0n) is 13.0. The van der Waals surface area contributed by atoms with E-state index in [0.29, 0.717) is 10.7 Å². The Balaban J connectivity index is 2.06. The molecule has 7 nitrogen and oxygen atoms in total. The van der Waals surface area contributed by atoms with E-state index in [1.165, 1.54) is 19.2 Å². The molecule has 0 fully saturated rings. The molecule has 2 rings (SSSR count). The summed E-state index contributed by atoms with van der Waals surface area (Å²) < 4.78 is 0. The van der Waals surface area contributed by atoms with Crippen molar-refractivity contribution >= 4 is 46.4 Å². The Morgan fingerprint density at radius 2 is 1.92 bits per heavy atom. The minimum absolute atomic E-state index is 0.0640. The maximum absolute atomic E-state index is 12.3. The molecule has 0 aromatic heterocycles. The molecule has 0 heterocycles. The summed E-state index contributed by atoms with van der Waals surface area (Å²) in [5.41, 5.74) is 0.193. The van der Waals surface area contributed by atoms with Crippen LogP contribution in [0.5, 0.6) is 0 Å². The summed E-state index contributed by atoms with van der Waals surface area (Å²) in [6.07, 6.45) is 0. The predicted molar refractivity (Wildman–Crippen MR) is 95.1 cm³/mol. The number of carbonyl (C=O) groups excluding carboxylic acids is 2. The molecule has 0 aliphatic carbocycles. The Morgan fingerprint density at radius 1 is 1.20 bits per heavy atom. The Bertz CT molecular complexity index is 842. The molecule has 0 unspecified atom stereocenters. The number of likely N-dealkylation sites (N-methyl/N-ethyl adjacent to an activating group) is 1. The number of benzene rings is 2. The minimum atomic E-state index is -0.676. The van der Waals surface area contributed by atoms with Gasteiger partial charge in [0.1, 0.15) is 5.02 Å². The molecule has 0 aliphatic rings. The van der Waals surface area contributed by atoms with Gasteiger partial charge in [0.2, 0.25) is 5.91 Å². The van der Waals surface area contributed by atoms with E-state index in [4.69, 9.17) is 23.2 Å². The maximum atomic E-state index is 12.3. The lowest BCUT2D eigenvalue weighted by Crippen LogP contribution is -2.34. The first kappa shape index (κ1) is 18.7. The topological polar surface area (TPSA) is 92.6 Å². The highest BCUT2D eigenvalue weighted by Gasteiger charge is 2.20.